The Bertz CT molecular complexity index is 835. The molecule has 1 aliphatic rings. The number of hydrogen-bond acceptors (Lipinski definition) is 8. The molecule has 158 valence electrons. The first-order valence-corrected chi connectivity index (χ1v) is 11.3. The monoisotopic (exact) mass is 422 g/mol. The minimum Gasteiger partial charge on any atom is -0.378 e. The number of ether oxygens (including phenoxy) is 2. The van der Waals surface area contributed by atoms with E-state index in [-0.39, 0.29) is 18.3 Å². The summed E-state index contributed by atoms with van der Waals surface area (Å²) in [6.45, 7) is 2.64. The van der Waals surface area contributed by atoms with E-state index >= 15 is 0 Å². The van der Waals surface area contributed by atoms with E-state index in [0.717, 1.165) is 11.4 Å². The van der Waals surface area contributed by atoms with E-state index in [1.165, 1.54) is 13.4 Å². The van der Waals surface area contributed by atoms with Crippen molar-refractivity contribution in [3.8, 4) is 11.4 Å². The number of rotatable bonds is 7. The van der Waals surface area contributed by atoms with Crippen molar-refractivity contribution in [2.24, 2.45) is 0 Å². The number of carbonyl (C=O) groups excluding carboxylic acids is 1. The minimum absolute atomic E-state index is 0.0146. The molecule has 9 nitrogen and oxygen atoms in total. The van der Waals surface area contributed by atoms with Crippen LogP contribution in [0.2, 0.25) is 0 Å². The fourth-order valence-corrected chi connectivity index (χ4v) is 3.66. The van der Waals surface area contributed by atoms with E-state index in [0.29, 0.717) is 43.5 Å². The molecule has 0 spiro atoms. The second-order valence-electron chi connectivity index (χ2n) is 6.84. The lowest BCUT2D eigenvalue weighted by molar-refractivity contribution is -0.119. The maximum Gasteiger partial charge on any atom is 0.250 e. The molecular weight excluding hydrogens is 396 g/mol. The largest absolute Gasteiger partial charge is 0.378 e. The van der Waals surface area contributed by atoms with Gasteiger partial charge in [0, 0.05) is 43.8 Å². The van der Waals surface area contributed by atoms with E-state index in [4.69, 9.17) is 9.47 Å². The summed E-state index contributed by atoms with van der Waals surface area (Å²) in [4.78, 5) is 22.9. The van der Waals surface area contributed by atoms with Crippen LogP contribution >= 0.6 is 10.6 Å². The smallest absolute Gasteiger partial charge is 0.250 e. The van der Waals surface area contributed by atoms with Gasteiger partial charge in [0.15, 0.2) is 5.82 Å². The molecule has 3 rings (SSSR count). The molecule has 10 heteroatoms. The van der Waals surface area contributed by atoms with Crippen LogP contribution in [0.15, 0.2) is 30.3 Å². The SMILES string of the molecule is COCC(=O)Nc1ccc(-c2nc(CS(C)(O)O)cc(N3CCOCC3)n2)cc1. The molecule has 2 aromatic rings. The average Bonchev–Trinajstić information content (AvgIpc) is 2.68. The van der Waals surface area contributed by atoms with Crippen LogP contribution in [0.3, 0.4) is 0 Å². The van der Waals surface area contributed by atoms with Gasteiger partial charge in [-0.3, -0.25) is 13.9 Å². The van der Waals surface area contributed by atoms with Crippen LogP contribution in [0.25, 0.3) is 11.4 Å². The molecule has 0 bridgehead atoms. The molecule has 1 saturated heterocycles. The molecule has 0 unspecified atom stereocenters. The van der Waals surface area contributed by atoms with Crippen molar-refractivity contribution in [3.05, 3.63) is 36.0 Å². The van der Waals surface area contributed by atoms with Gasteiger partial charge in [0.1, 0.15) is 12.4 Å². The van der Waals surface area contributed by atoms with Gasteiger partial charge < -0.3 is 19.7 Å². The van der Waals surface area contributed by atoms with Gasteiger partial charge in [-0.1, -0.05) is 0 Å². The zero-order valence-electron chi connectivity index (χ0n) is 16.5. The highest BCUT2D eigenvalue weighted by Crippen LogP contribution is 2.38. The first-order chi connectivity index (χ1) is 13.8. The van der Waals surface area contributed by atoms with E-state index < -0.39 is 10.6 Å². The first kappa shape index (κ1) is 21.5. The summed E-state index contributed by atoms with van der Waals surface area (Å²) < 4.78 is 30.0. The number of methoxy groups -OCH3 is 1. The van der Waals surface area contributed by atoms with E-state index in [9.17, 15) is 13.9 Å². The summed E-state index contributed by atoms with van der Waals surface area (Å²) in [6.07, 6.45) is 1.40. The van der Waals surface area contributed by atoms with Crippen molar-refractivity contribution in [1.82, 2.24) is 9.97 Å². The summed E-state index contributed by atoms with van der Waals surface area (Å²) in [5, 5.41) is 2.74. The number of amides is 1. The van der Waals surface area contributed by atoms with Gasteiger partial charge in [-0.15, -0.1) is 0 Å². The van der Waals surface area contributed by atoms with Crippen molar-refractivity contribution in [2.75, 3.05) is 56.5 Å². The molecule has 1 amide bonds. The second kappa shape index (κ2) is 9.51. The van der Waals surface area contributed by atoms with Gasteiger partial charge in [0.25, 0.3) is 0 Å². The highest BCUT2D eigenvalue weighted by atomic mass is 32.3. The minimum atomic E-state index is -2.74. The third-order valence-electron chi connectivity index (χ3n) is 4.22. The molecule has 0 radical (unpaired) electrons. The Hall–Kier alpha value is -2.24. The van der Waals surface area contributed by atoms with E-state index in [1.807, 2.05) is 12.1 Å². The maximum atomic E-state index is 11.6. The first-order valence-electron chi connectivity index (χ1n) is 9.15. The predicted octanol–water partition coefficient (Wildman–Crippen LogP) is 2.45. The van der Waals surface area contributed by atoms with Crippen LogP contribution in [-0.2, 0) is 20.0 Å². The van der Waals surface area contributed by atoms with E-state index in [1.54, 1.807) is 18.2 Å². The Kier molecular flexibility index (Phi) is 7.04. The Labute approximate surface area is 171 Å². The van der Waals surface area contributed by atoms with Gasteiger partial charge >= 0.3 is 0 Å². The van der Waals surface area contributed by atoms with Crippen molar-refractivity contribution >= 4 is 28.0 Å². The summed E-state index contributed by atoms with van der Waals surface area (Å²) in [5.74, 6) is 1.04. The Balaban J connectivity index is 1.88. The van der Waals surface area contributed by atoms with Gasteiger partial charge in [0.05, 0.1) is 24.7 Å². The van der Waals surface area contributed by atoms with Crippen LogP contribution in [0.1, 0.15) is 5.69 Å². The summed E-state index contributed by atoms with van der Waals surface area (Å²) in [7, 11) is -1.28. The molecular formula is C19H26N4O5S. The Morgan fingerprint density at radius 3 is 2.55 bits per heavy atom. The number of nitrogens with zero attached hydrogens (tertiary/aromatic N) is 3. The number of carbonyl (C=O) groups is 1. The fourth-order valence-electron chi connectivity index (χ4n) is 2.95. The molecule has 0 saturated carbocycles. The highest BCUT2D eigenvalue weighted by Gasteiger charge is 2.18. The Morgan fingerprint density at radius 1 is 1.24 bits per heavy atom. The van der Waals surface area contributed by atoms with Crippen molar-refractivity contribution in [1.29, 1.82) is 0 Å². The molecule has 3 N–H and O–H groups in total. The van der Waals surface area contributed by atoms with Gasteiger partial charge in [0.2, 0.25) is 5.91 Å². The number of morpholine rings is 1. The molecule has 1 aromatic heterocycles. The lowest BCUT2D eigenvalue weighted by Gasteiger charge is -2.30. The van der Waals surface area contributed by atoms with Crippen LogP contribution in [-0.4, -0.2) is 71.3 Å². The van der Waals surface area contributed by atoms with Gasteiger partial charge in [-0.05, 0) is 24.3 Å². The van der Waals surface area contributed by atoms with Crippen LogP contribution in [0.4, 0.5) is 11.5 Å². The normalized spacial score (nSPS) is 15.2. The van der Waals surface area contributed by atoms with Gasteiger partial charge in [-0.25, -0.2) is 9.97 Å². The number of nitrogens with one attached hydrogen (secondary N) is 1. The molecule has 2 heterocycles. The second-order valence-corrected chi connectivity index (χ2v) is 9.11. The summed E-state index contributed by atoms with van der Waals surface area (Å²) in [5.41, 5.74) is 1.97. The summed E-state index contributed by atoms with van der Waals surface area (Å²) >= 11 is 0. The average molecular weight is 423 g/mol. The lowest BCUT2D eigenvalue weighted by atomic mass is 10.2. The van der Waals surface area contributed by atoms with Crippen molar-refractivity contribution in [3.63, 3.8) is 0 Å². The topological polar surface area (TPSA) is 117 Å². The molecule has 1 aromatic carbocycles. The molecule has 1 fully saturated rings. The zero-order valence-corrected chi connectivity index (χ0v) is 17.3. The fraction of sp³-hybridized carbons (Fsp3) is 0.421. The van der Waals surface area contributed by atoms with Crippen molar-refractivity contribution in [2.45, 2.75) is 5.75 Å². The van der Waals surface area contributed by atoms with Crippen LogP contribution < -0.4 is 10.2 Å². The van der Waals surface area contributed by atoms with Crippen molar-refractivity contribution < 1.29 is 23.4 Å². The predicted molar refractivity (Wildman–Crippen MR) is 113 cm³/mol. The third-order valence-corrected chi connectivity index (χ3v) is 5.07. The van der Waals surface area contributed by atoms with Gasteiger partial charge in [-0.2, -0.15) is 10.6 Å². The molecule has 0 aliphatic carbocycles. The standard InChI is InChI=1S/C19H26N4O5S/c1-27-12-18(24)20-15-5-3-14(4-6-15)19-21-16(13-29(2,25)26)11-17(22-19)23-7-9-28-10-8-23/h3-6,11,25-26H,7-10,12-13H2,1-2H3,(H,20,24). The Morgan fingerprint density at radius 2 is 1.93 bits per heavy atom. The van der Waals surface area contributed by atoms with Crippen LogP contribution in [0, 0.1) is 0 Å². The quantitative estimate of drug-likeness (QED) is 0.623. The number of aromatic nitrogens is 2. The molecule has 29 heavy (non-hydrogen) atoms. The number of hydrogen-bond donors (Lipinski definition) is 3. The van der Waals surface area contributed by atoms with Crippen LogP contribution in [0.5, 0.6) is 0 Å². The number of anilines is 2. The number of benzene rings is 1. The molecule has 0 atom stereocenters. The zero-order chi connectivity index (χ0) is 20.9. The lowest BCUT2D eigenvalue weighted by Crippen LogP contribution is -2.37. The summed E-state index contributed by atoms with van der Waals surface area (Å²) in [6, 6.07) is 8.95. The third kappa shape index (κ3) is 6.38. The maximum absolute atomic E-state index is 11.6. The highest BCUT2D eigenvalue weighted by molar-refractivity contribution is 8.23. The van der Waals surface area contributed by atoms with E-state index in [2.05, 4.69) is 20.2 Å². The molecule has 1 aliphatic heterocycles.